The number of carbonyl (C=O) groups is 1. The van der Waals surface area contributed by atoms with Crippen molar-refractivity contribution >= 4 is 17.2 Å². The van der Waals surface area contributed by atoms with Crippen LogP contribution in [0, 0.1) is 0 Å². The highest BCUT2D eigenvalue weighted by Crippen LogP contribution is 2.30. The van der Waals surface area contributed by atoms with Gasteiger partial charge in [-0.3, -0.25) is 4.79 Å². The molecule has 92 valence electrons. The molecule has 0 saturated carbocycles. The summed E-state index contributed by atoms with van der Waals surface area (Å²) in [7, 11) is 0. The second-order valence-corrected chi connectivity index (χ2v) is 6.20. The molecule has 3 nitrogen and oxygen atoms in total. The van der Waals surface area contributed by atoms with Crippen LogP contribution in [0.1, 0.15) is 39.4 Å². The molecule has 0 bridgehead atoms. The third kappa shape index (κ3) is 2.11. The van der Waals surface area contributed by atoms with Crippen molar-refractivity contribution in [3.8, 4) is 0 Å². The first-order chi connectivity index (χ1) is 8.24. The van der Waals surface area contributed by atoms with E-state index >= 15 is 0 Å². The van der Waals surface area contributed by atoms with Crippen LogP contribution in [0.2, 0.25) is 0 Å². The Balaban J connectivity index is 1.79. The number of carbonyl (C=O) groups excluding carboxylic acids is 1. The Morgan fingerprint density at radius 3 is 2.94 bits per heavy atom. The summed E-state index contributed by atoms with van der Waals surface area (Å²) in [5.74, 6) is 0.192. The maximum atomic E-state index is 12.3. The number of hydrogen-bond donors (Lipinski definition) is 1. The molecule has 1 aromatic rings. The number of aryl methyl sites for hydroxylation is 2. The van der Waals surface area contributed by atoms with E-state index in [-0.39, 0.29) is 11.9 Å². The van der Waals surface area contributed by atoms with Crippen LogP contribution >= 0.6 is 11.3 Å². The average molecular weight is 250 g/mol. The lowest BCUT2D eigenvalue weighted by Gasteiger charge is -2.14. The minimum absolute atomic E-state index is 0.175. The van der Waals surface area contributed by atoms with Gasteiger partial charge in [0, 0.05) is 24.0 Å². The highest BCUT2D eigenvalue weighted by atomic mass is 32.1. The number of nitrogens with two attached hydrogens (primary N) is 1. The SMILES string of the molecule is N[C@H]1CCN(C(=O)c2cc3c(s2)CCCC3)C1. The fraction of sp³-hybridized carbons (Fsp3) is 0.615. The number of amides is 1. The van der Waals surface area contributed by atoms with Crippen molar-refractivity contribution in [2.24, 2.45) is 5.73 Å². The zero-order chi connectivity index (χ0) is 11.8. The number of nitrogens with zero attached hydrogens (tertiary/aromatic N) is 1. The molecule has 2 N–H and O–H groups in total. The summed E-state index contributed by atoms with van der Waals surface area (Å²) in [6.45, 7) is 1.55. The maximum absolute atomic E-state index is 12.3. The van der Waals surface area contributed by atoms with Gasteiger partial charge in [-0.05, 0) is 43.7 Å². The molecule has 2 aliphatic rings. The summed E-state index contributed by atoms with van der Waals surface area (Å²) in [6.07, 6.45) is 5.80. The Bertz CT molecular complexity index is 417. The van der Waals surface area contributed by atoms with Gasteiger partial charge in [0.15, 0.2) is 0 Å². The zero-order valence-corrected chi connectivity index (χ0v) is 10.8. The topological polar surface area (TPSA) is 46.3 Å². The van der Waals surface area contributed by atoms with E-state index in [0.717, 1.165) is 37.2 Å². The van der Waals surface area contributed by atoms with Crippen molar-refractivity contribution in [3.63, 3.8) is 0 Å². The monoisotopic (exact) mass is 250 g/mol. The predicted molar refractivity (Wildman–Crippen MR) is 69.5 cm³/mol. The van der Waals surface area contributed by atoms with Crippen LogP contribution in [-0.2, 0) is 12.8 Å². The van der Waals surface area contributed by atoms with Gasteiger partial charge >= 0.3 is 0 Å². The van der Waals surface area contributed by atoms with Gasteiger partial charge in [0.2, 0.25) is 0 Å². The summed E-state index contributed by atoms with van der Waals surface area (Å²) in [5.41, 5.74) is 7.26. The zero-order valence-electron chi connectivity index (χ0n) is 9.95. The third-order valence-electron chi connectivity index (χ3n) is 3.72. The van der Waals surface area contributed by atoms with Crippen molar-refractivity contribution in [1.29, 1.82) is 0 Å². The molecular formula is C13H18N2OS. The first-order valence-corrected chi connectivity index (χ1v) is 7.22. The molecule has 1 aliphatic carbocycles. The summed E-state index contributed by atoms with van der Waals surface area (Å²) >= 11 is 1.70. The lowest BCUT2D eigenvalue weighted by Crippen LogP contribution is -2.31. The number of likely N-dealkylation sites (tertiary alicyclic amines) is 1. The van der Waals surface area contributed by atoms with Crippen LogP contribution < -0.4 is 5.73 Å². The van der Waals surface area contributed by atoms with Gasteiger partial charge in [0.1, 0.15) is 0 Å². The largest absolute Gasteiger partial charge is 0.336 e. The van der Waals surface area contributed by atoms with Crippen molar-refractivity contribution in [2.75, 3.05) is 13.1 Å². The Kier molecular flexibility index (Phi) is 2.92. The van der Waals surface area contributed by atoms with Crippen LogP contribution in [0.5, 0.6) is 0 Å². The van der Waals surface area contributed by atoms with Gasteiger partial charge in [0.05, 0.1) is 4.88 Å². The Morgan fingerprint density at radius 2 is 2.24 bits per heavy atom. The van der Waals surface area contributed by atoms with E-state index in [0.29, 0.717) is 0 Å². The van der Waals surface area contributed by atoms with Crippen molar-refractivity contribution in [2.45, 2.75) is 38.1 Å². The molecule has 1 atom stereocenters. The molecule has 17 heavy (non-hydrogen) atoms. The standard InChI is InChI=1S/C13H18N2OS/c14-10-5-6-15(8-10)13(16)12-7-9-3-1-2-4-11(9)17-12/h7,10H,1-6,8,14H2/t10-/m0/s1. The Hall–Kier alpha value is -0.870. The van der Waals surface area contributed by atoms with E-state index in [1.54, 1.807) is 11.3 Å². The molecule has 1 aromatic heterocycles. The fourth-order valence-corrected chi connectivity index (χ4v) is 3.95. The predicted octanol–water partition coefficient (Wildman–Crippen LogP) is 1.80. The molecule has 1 fully saturated rings. The number of hydrogen-bond acceptors (Lipinski definition) is 3. The molecule has 1 amide bonds. The van der Waals surface area contributed by atoms with E-state index in [9.17, 15) is 4.79 Å². The van der Waals surface area contributed by atoms with E-state index in [4.69, 9.17) is 5.73 Å². The van der Waals surface area contributed by atoms with E-state index in [2.05, 4.69) is 6.07 Å². The summed E-state index contributed by atoms with van der Waals surface area (Å²) in [6, 6.07) is 2.29. The number of rotatable bonds is 1. The molecule has 0 radical (unpaired) electrons. The van der Waals surface area contributed by atoms with Gasteiger partial charge in [-0.2, -0.15) is 0 Å². The van der Waals surface area contributed by atoms with Crippen LogP contribution in [0.25, 0.3) is 0 Å². The Morgan fingerprint density at radius 1 is 1.41 bits per heavy atom. The normalized spacial score (nSPS) is 23.8. The van der Waals surface area contributed by atoms with Crippen molar-refractivity contribution in [1.82, 2.24) is 4.90 Å². The maximum Gasteiger partial charge on any atom is 0.263 e. The minimum atomic E-state index is 0.175. The van der Waals surface area contributed by atoms with Gasteiger partial charge in [0.25, 0.3) is 5.91 Å². The van der Waals surface area contributed by atoms with Gasteiger partial charge in [-0.25, -0.2) is 0 Å². The summed E-state index contributed by atoms with van der Waals surface area (Å²) in [5, 5.41) is 0. The molecule has 4 heteroatoms. The lowest BCUT2D eigenvalue weighted by molar-refractivity contribution is 0.0795. The fourth-order valence-electron chi connectivity index (χ4n) is 2.72. The third-order valence-corrected chi connectivity index (χ3v) is 4.94. The minimum Gasteiger partial charge on any atom is -0.336 e. The summed E-state index contributed by atoms with van der Waals surface area (Å²) in [4.78, 5) is 16.6. The second-order valence-electron chi connectivity index (χ2n) is 5.07. The molecule has 2 heterocycles. The van der Waals surface area contributed by atoms with Gasteiger partial charge < -0.3 is 10.6 Å². The van der Waals surface area contributed by atoms with Crippen LogP contribution in [-0.4, -0.2) is 29.9 Å². The first kappa shape index (κ1) is 11.2. The summed E-state index contributed by atoms with van der Waals surface area (Å²) < 4.78 is 0. The average Bonchev–Trinajstić information content (AvgIpc) is 2.93. The molecule has 0 spiro atoms. The van der Waals surface area contributed by atoms with Gasteiger partial charge in [-0.1, -0.05) is 0 Å². The highest BCUT2D eigenvalue weighted by Gasteiger charge is 2.26. The highest BCUT2D eigenvalue weighted by molar-refractivity contribution is 7.14. The first-order valence-electron chi connectivity index (χ1n) is 6.40. The lowest BCUT2D eigenvalue weighted by atomic mass is 9.99. The van der Waals surface area contributed by atoms with Crippen LogP contribution in [0.15, 0.2) is 6.07 Å². The second kappa shape index (κ2) is 4.42. The Labute approximate surface area is 106 Å². The molecule has 1 aliphatic heterocycles. The molecular weight excluding hydrogens is 232 g/mol. The van der Waals surface area contributed by atoms with Gasteiger partial charge in [-0.15, -0.1) is 11.3 Å². The quantitative estimate of drug-likeness (QED) is 0.826. The van der Waals surface area contributed by atoms with Crippen LogP contribution in [0.3, 0.4) is 0 Å². The molecule has 0 aromatic carbocycles. The van der Waals surface area contributed by atoms with E-state index in [1.807, 2.05) is 4.90 Å². The number of fused-ring (bicyclic) bond motifs is 1. The van der Waals surface area contributed by atoms with E-state index in [1.165, 1.54) is 23.3 Å². The van der Waals surface area contributed by atoms with Crippen molar-refractivity contribution in [3.05, 3.63) is 21.4 Å². The van der Waals surface area contributed by atoms with Crippen LogP contribution in [0.4, 0.5) is 0 Å². The van der Waals surface area contributed by atoms with Crippen molar-refractivity contribution < 1.29 is 4.79 Å². The smallest absolute Gasteiger partial charge is 0.263 e. The van der Waals surface area contributed by atoms with E-state index < -0.39 is 0 Å². The molecule has 3 rings (SSSR count). The molecule has 0 unspecified atom stereocenters. The number of thiophene rings is 1. The molecule has 1 saturated heterocycles.